The number of anilines is 1. The molecule has 1 N–H and O–H groups in total. The fourth-order valence-electron chi connectivity index (χ4n) is 3.11. The summed E-state index contributed by atoms with van der Waals surface area (Å²) in [6.45, 7) is 4.03. The standard InChI is InChI=1S/C17H20F2N4O/c1-2-22-9-7-20-16(22)12-4-3-8-23(11-12)17(24)21-15-6-5-13(18)10-14(15)19/h5-7,9-10,12H,2-4,8,11H2,1H3,(H,21,24). The third kappa shape index (κ3) is 3.39. The molecule has 0 aliphatic carbocycles. The summed E-state index contributed by atoms with van der Waals surface area (Å²) in [7, 11) is 0. The first-order valence-corrected chi connectivity index (χ1v) is 8.10. The van der Waals surface area contributed by atoms with E-state index in [9.17, 15) is 13.6 Å². The van der Waals surface area contributed by atoms with Crippen molar-refractivity contribution >= 4 is 11.7 Å². The number of urea groups is 1. The van der Waals surface area contributed by atoms with Gasteiger partial charge >= 0.3 is 6.03 Å². The second kappa shape index (κ2) is 6.98. The number of likely N-dealkylation sites (tertiary alicyclic amines) is 1. The third-order valence-corrected chi connectivity index (χ3v) is 4.33. The van der Waals surface area contributed by atoms with Gasteiger partial charge in [-0.25, -0.2) is 18.6 Å². The predicted molar refractivity (Wildman–Crippen MR) is 86.8 cm³/mol. The molecule has 0 bridgehead atoms. The first-order valence-electron chi connectivity index (χ1n) is 8.10. The van der Waals surface area contributed by atoms with Gasteiger partial charge in [-0.3, -0.25) is 0 Å². The summed E-state index contributed by atoms with van der Waals surface area (Å²) in [5.74, 6) is -0.311. The van der Waals surface area contributed by atoms with Gasteiger partial charge in [-0.15, -0.1) is 0 Å². The highest BCUT2D eigenvalue weighted by molar-refractivity contribution is 5.89. The van der Waals surface area contributed by atoms with Crippen LogP contribution in [0.2, 0.25) is 0 Å². The van der Waals surface area contributed by atoms with Crippen LogP contribution in [0.5, 0.6) is 0 Å². The molecule has 3 rings (SSSR count). The van der Waals surface area contributed by atoms with Crippen LogP contribution in [0.25, 0.3) is 0 Å². The number of nitrogens with zero attached hydrogens (tertiary/aromatic N) is 3. The van der Waals surface area contributed by atoms with Gasteiger partial charge in [0.05, 0.1) is 5.69 Å². The predicted octanol–water partition coefficient (Wildman–Crippen LogP) is 3.59. The summed E-state index contributed by atoms with van der Waals surface area (Å²) in [6.07, 6.45) is 5.53. The Morgan fingerprint density at radius 1 is 1.42 bits per heavy atom. The molecule has 1 atom stereocenters. The van der Waals surface area contributed by atoms with Crippen LogP contribution in [0.4, 0.5) is 19.3 Å². The normalized spacial score (nSPS) is 17.8. The van der Waals surface area contributed by atoms with Crippen LogP contribution in [-0.2, 0) is 6.54 Å². The smallest absolute Gasteiger partial charge is 0.321 e. The highest BCUT2D eigenvalue weighted by atomic mass is 19.1. The fraction of sp³-hybridized carbons (Fsp3) is 0.412. The minimum Gasteiger partial charge on any atom is -0.335 e. The van der Waals surface area contributed by atoms with Gasteiger partial charge in [0, 0.05) is 44.0 Å². The molecule has 0 saturated carbocycles. The van der Waals surface area contributed by atoms with Crippen molar-refractivity contribution < 1.29 is 13.6 Å². The summed E-state index contributed by atoms with van der Waals surface area (Å²) in [5.41, 5.74) is -0.0152. The number of hydrogen-bond acceptors (Lipinski definition) is 2. The maximum absolute atomic E-state index is 13.7. The first-order chi connectivity index (χ1) is 11.6. The second-order valence-corrected chi connectivity index (χ2v) is 5.91. The van der Waals surface area contributed by atoms with E-state index in [-0.39, 0.29) is 17.6 Å². The van der Waals surface area contributed by atoms with Gasteiger partial charge in [0.25, 0.3) is 0 Å². The SMILES string of the molecule is CCn1ccnc1C1CCCN(C(=O)Nc2ccc(F)cc2F)C1. The first kappa shape index (κ1) is 16.4. The van der Waals surface area contributed by atoms with Crippen LogP contribution in [0, 0.1) is 11.6 Å². The molecule has 1 aliphatic heterocycles. The quantitative estimate of drug-likeness (QED) is 0.932. The highest BCUT2D eigenvalue weighted by Gasteiger charge is 2.27. The van der Waals surface area contributed by atoms with Crippen molar-refractivity contribution in [3.05, 3.63) is 48.1 Å². The topological polar surface area (TPSA) is 50.2 Å². The zero-order valence-corrected chi connectivity index (χ0v) is 13.5. The number of piperidine rings is 1. The van der Waals surface area contributed by atoms with Gasteiger partial charge in [-0.2, -0.15) is 0 Å². The van der Waals surface area contributed by atoms with Crippen LogP contribution in [0.15, 0.2) is 30.6 Å². The summed E-state index contributed by atoms with van der Waals surface area (Å²) in [6, 6.07) is 2.73. The lowest BCUT2D eigenvalue weighted by atomic mass is 9.97. The monoisotopic (exact) mass is 334 g/mol. The van der Waals surface area contributed by atoms with Crippen molar-refractivity contribution in [1.29, 1.82) is 0 Å². The van der Waals surface area contributed by atoms with Crippen molar-refractivity contribution in [3.63, 3.8) is 0 Å². The Kier molecular flexibility index (Phi) is 4.78. The Morgan fingerprint density at radius 2 is 2.25 bits per heavy atom. The van der Waals surface area contributed by atoms with Crippen molar-refractivity contribution in [2.75, 3.05) is 18.4 Å². The molecule has 1 fully saturated rings. The van der Waals surface area contributed by atoms with E-state index in [4.69, 9.17) is 0 Å². The summed E-state index contributed by atoms with van der Waals surface area (Å²) in [4.78, 5) is 18.5. The molecule has 7 heteroatoms. The van der Waals surface area contributed by atoms with Crippen LogP contribution < -0.4 is 5.32 Å². The lowest BCUT2D eigenvalue weighted by Crippen LogP contribution is -2.42. The highest BCUT2D eigenvalue weighted by Crippen LogP contribution is 2.26. The molecule has 128 valence electrons. The van der Waals surface area contributed by atoms with E-state index in [1.807, 2.05) is 6.20 Å². The number of nitrogens with one attached hydrogen (secondary N) is 1. The zero-order valence-electron chi connectivity index (χ0n) is 13.5. The molecule has 2 heterocycles. The van der Waals surface area contributed by atoms with Crippen molar-refractivity contribution in [2.24, 2.45) is 0 Å². The molecule has 2 aromatic rings. The Morgan fingerprint density at radius 3 is 3.00 bits per heavy atom. The zero-order chi connectivity index (χ0) is 17.1. The van der Waals surface area contributed by atoms with E-state index in [2.05, 4.69) is 21.8 Å². The van der Waals surface area contributed by atoms with E-state index in [0.29, 0.717) is 13.1 Å². The van der Waals surface area contributed by atoms with Crippen LogP contribution in [0.3, 0.4) is 0 Å². The maximum Gasteiger partial charge on any atom is 0.321 e. The minimum atomic E-state index is -0.779. The minimum absolute atomic E-state index is 0.0152. The van der Waals surface area contributed by atoms with E-state index >= 15 is 0 Å². The molecular weight excluding hydrogens is 314 g/mol. The van der Waals surface area contributed by atoms with Crippen molar-refractivity contribution in [3.8, 4) is 0 Å². The van der Waals surface area contributed by atoms with E-state index in [1.165, 1.54) is 6.07 Å². The number of rotatable bonds is 3. The second-order valence-electron chi connectivity index (χ2n) is 5.91. The Hall–Kier alpha value is -2.44. The molecule has 24 heavy (non-hydrogen) atoms. The van der Waals surface area contributed by atoms with E-state index < -0.39 is 11.6 Å². The summed E-state index contributed by atoms with van der Waals surface area (Å²) in [5, 5.41) is 2.52. The van der Waals surface area contributed by atoms with Gasteiger partial charge in [0.2, 0.25) is 0 Å². The van der Waals surface area contributed by atoms with Crippen molar-refractivity contribution in [2.45, 2.75) is 32.2 Å². The molecule has 1 aromatic carbocycles. The van der Waals surface area contributed by atoms with Gasteiger partial charge in [-0.1, -0.05) is 0 Å². The number of carbonyl (C=O) groups excluding carboxylic acids is 1. The molecule has 1 saturated heterocycles. The number of aromatic nitrogens is 2. The lowest BCUT2D eigenvalue weighted by molar-refractivity contribution is 0.190. The molecule has 5 nitrogen and oxygen atoms in total. The molecule has 1 aliphatic rings. The number of aryl methyl sites for hydroxylation is 1. The Balaban J connectivity index is 1.69. The average Bonchev–Trinajstić information content (AvgIpc) is 3.06. The Labute approximate surface area is 139 Å². The lowest BCUT2D eigenvalue weighted by Gasteiger charge is -2.32. The van der Waals surface area contributed by atoms with Crippen LogP contribution in [0.1, 0.15) is 31.5 Å². The largest absolute Gasteiger partial charge is 0.335 e. The van der Waals surface area contributed by atoms with Crippen LogP contribution in [-0.4, -0.2) is 33.6 Å². The summed E-state index contributed by atoms with van der Waals surface area (Å²) >= 11 is 0. The summed E-state index contributed by atoms with van der Waals surface area (Å²) < 4.78 is 28.7. The van der Waals surface area contributed by atoms with Gasteiger partial charge in [0.15, 0.2) is 0 Å². The van der Waals surface area contributed by atoms with Crippen LogP contribution >= 0.6 is 0 Å². The Bertz CT molecular complexity index is 731. The molecule has 1 unspecified atom stereocenters. The molecule has 1 aromatic heterocycles. The van der Waals surface area contributed by atoms with E-state index in [1.54, 1.807) is 11.1 Å². The number of halogens is 2. The van der Waals surface area contributed by atoms with E-state index in [0.717, 1.165) is 37.3 Å². The number of carbonyl (C=O) groups is 1. The maximum atomic E-state index is 13.7. The average molecular weight is 334 g/mol. The third-order valence-electron chi connectivity index (χ3n) is 4.33. The number of hydrogen-bond donors (Lipinski definition) is 1. The number of benzene rings is 1. The van der Waals surface area contributed by atoms with Crippen molar-refractivity contribution in [1.82, 2.24) is 14.5 Å². The van der Waals surface area contributed by atoms with Gasteiger partial charge < -0.3 is 14.8 Å². The van der Waals surface area contributed by atoms with Gasteiger partial charge in [0.1, 0.15) is 17.5 Å². The number of amides is 2. The molecule has 2 amide bonds. The fourth-order valence-corrected chi connectivity index (χ4v) is 3.11. The molecule has 0 spiro atoms. The number of imidazole rings is 1. The molecule has 0 radical (unpaired) electrons. The van der Waals surface area contributed by atoms with Gasteiger partial charge in [-0.05, 0) is 31.9 Å². The molecular formula is C17H20F2N4O.